The van der Waals surface area contributed by atoms with Crippen molar-refractivity contribution in [3.63, 3.8) is 0 Å². The molecule has 0 saturated heterocycles. The lowest BCUT2D eigenvalue weighted by Gasteiger charge is -2.17. The van der Waals surface area contributed by atoms with Gasteiger partial charge in [-0.1, -0.05) is 17.7 Å². The van der Waals surface area contributed by atoms with Crippen LogP contribution in [-0.4, -0.2) is 30.7 Å². The Morgan fingerprint density at radius 3 is 2.29 bits per heavy atom. The number of rotatable bonds is 9. The van der Waals surface area contributed by atoms with Gasteiger partial charge in [-0.05, 0) is 69.3 Å². The zero-order chi connectivity index (χ0) is 24.1. The van der Waals surface area contributed by atoms with Gasteiger partial charge in [0.25, 0.3) is 5.91 Å². The monoisotopic (exact) mass is 480 g/mol. The summed E-state index contributed by atoms with van der Waals surface area (Å²) in [4.78, 5) is 17.6. The van der Waals surface area contributed by atoms with Crippen LogP contribution in [0.3, 0.4) is 0 Å². The minimum atomic E-state index is -0.317. The maximum absolute atomic E-state index is 13.1. The van der Waals surface area contributed by atoms with Crippen LogP contribution in [0.5, 0.6) is 17.2 Å². The molecule has 0 aliphatic rings. The van der Waals surface area contributed by atoms with Crippen LogP contribution in [0.4, 0.5) is 5.69 Å². The number of carbonyl (C=O) groups excluding carboxylic acids is 1. The summed E-state index contributed by atoms with van der Waals surface area (Å²) in [6.07, 6.45) is 0. The number of ether oxygens (including phenoxy) is 3. The second-order valence-corrected chi connectivity index (χ2v) is 7.70. The van der Waals surface area contributed by atoms with Crippen LogP contribution in [0.15, 0.2) is 59.0 Å². The Morgan fingerprint density at radius 1 is 0.941 bits per heavy atom. The molecule has 1 amide bonds. The SMILES string of the molecule is CCOc1cc(C(=O)Nc2ccc3oc(-c4cccc(Cl)c4)nc3c2)cc(OCC)c1OCC. The number of amides is 1. The lowest BCUT2D eigenvalue weighted by Crippen LogP contribution is -2.13. The van der Waals surface area contributed by atoms with Crippen LogP contribution in [0, 0.1) is 0 Å². The van der Waals surface area contributed by atoms with E-state index in [0.29, 0.717) is 70.3 Å². The fraction of sp³-hybridized carbons (Fsp3) is 0.231. The van der Waals surface area contributed by atoms with E-state index in [9.17, 15) is 4.79 Å². The number of carbonyl (C=O) groups is 1. The van der Waals surface area contributed by atoms with Crippen LogP contribution in [0.25, 0.3) is 22.6 Å². The Labute approximate surface area is 202 Å². The Morgan fingerprint density at radius 2 is 1.65 bits per heavy atom. The van der Waals surface area contributed by atoms with E-state index < -0.39 is 0 Å². The summed E-state index contributed by atoms with van der Waals surface area (Å²) in [5.41, 5.74) is 2.95. The van der Waals surface area contributed by atoms with E-state index in [-0.39, 0.29) is 5.91 Å². The molecule has 0 fully saturated rings. The second-order valence-electron chi connectivity index (χ2n) is 7.27. The molecule has 0 spiro atoms. The molecule has 4 aromatic rings. The van der Waals surface area contributed by atoms with Crippen LogP contribution < -0.4 is 19.5 Å². The van der Waals surface area contributed by atoms with Crippen LogP contribution in [-0.2, 0) is 0 Å². The van der Waals surface area contributed by atoms with E-state index in [1.165, 1.54) is 0 Å². The normalized spacial score (nSPS) is 10.8. The molecular weight excluding hydrogens is 456 g/mol. The maximum atomic E-state index is 13.1. The van der Waals surface area contributed by atoms with Crippen LogP contribution in [0.2, 0.25) is 5.02 Å². The van der Waals surface area contributed by atoms with Crippen molar-refractivity contribution in [2.24, 2.45) is 0 Å². The van der Waals surface area contributed by atoms with Crippen molar-refractivity contribution < 1.29 is 23.4 Å². The number of aromatic nitrogens is 1. The van der Waals surface area contributed by atoms with Gasteiger partial charge in [0.05, 0.1) is 19.8 Å². The van der Waals surface area contributed by atoms with Gasteiger partial charge in [0.15, 0.2) is 17.1 Å². The first-order chi connectivity index (χ1) is 16.5. The number of nitrogens with one attached hydrogen (secondary N) is 1. The molecule has 0 bridgehead atoms. The highest BCUT2D eigenvalue weighted by molar-refractivity contribution is 6.30. The molecule has 0 aliphatic heterocycles. The largest absolute Gasteiger partial charge is 0.490 e. The molecule has 0 saturated carbocycles. The van der Waals surface area contributed by atoms with Gasteiger partial charge in [-0.15, -0.1) is 0 Å². The first-order valence-electron chi connectivity index (χ1n) is 11.1. The molecule has 7 nitrogen and oxygen atoms in total. The van der Waals surface area contributed by atoms with Crippen molar-refractivity contribution in [2.75, 3.05) is 25.1 Å². The van der Waals surface area contributed by atoms with Gasteiger partial charge in [0.2, 0.25) is 11.6 Å². The average Bonchev–Trinajstić information content (AvgIpc) is 3.25. The van der Waals surface area contributed by atoms with Gasteiger partial charge in [-0.3, -0.25) is 4.79 Å². The molecule has 34 heavy (non-hydrogen) atoms. The van der Waals surface area contributed by atoms with Gasteiger partial charge in [-0.2, -0.15) is 0 Å². The first kappa shape index (κ1) is 23.4. The zero-order valence-corrected chi connectivity index (χ0v) is 19.9. The minimum Gasteiger partial charge on any atom is -0.490 e. The van der Waals surface area contributed by atoms with Crippen LogP contribution >= 0.6 is 11.6 Å². The highest BCUT2D eigenvalue weighted by atomic mass is 35.5. The van der Waals surface area contributed by atoms with Crippen molar-refractivity contribution in [3.05, 3.63) is 65.2 Å². The molecule has 8 heteroatoms. The molecule has 0 radical (unpaired) electrons. The van der Waals surface area contributed by atoms with E-state index in [1.807, 2.05) is 32.9 Å². The summed E-state index contributed by atoms with van der Waals surface area (Å²) in [7, 11) is 0. The fourth-order valence-electron chi connectivity index (χ4n) is 3.47. The summed E-state index contributed by atoms with van der Waals surface area (Å²) in [5, 5.41) is 3.50. The summed E-state index contributed by atoms with van der Waals surface area (Å²) >= 11 is 6.08. The molecule has 0 aliphatic carbocycles. The predicted octanol–water partition coefficient (Wildman–Crippen LogP) is 6.60. The molecule has 3 aromatic carbocycles. The average molecular weight is 481 g/mol. The van der Waals surface area contributed by atoms with E-state index in [1.54, 1.807) is 42.5 Å². The number of nitrogens with zero attached hydrogens (tertiary/aromatic N) is 1. The number of hydrogen-bond acceptors (Lipinski definition) is 6. The lowest BCUT2D eigenvalue weighted by atomic mass is 10.1. The van der Waals surface area contributed by atoms with Crippen molar-refractivity contribution in [1.82, 2.24) is 4.98 Å². The van der Waals surface area contributed by atoms with Gasteiger partial charge < -0.3 is 23.9 Å². The summed E-state index contributed by atoms with van der Waals surface area (Å²) < 4.78 is 23.0. The Bertz CT molecular complexity index is 1290. The molecule has 4 rings (SSSR count). The number of benzene rings is 3. The van der Waals surface area contributed by atoms with Gasteiger partial charge in [-0.25, -0.2) is 4.98 Å². The maximum Gasteiger partial charge on any atom is 0.255 e. The van der Waals surface area contributed by atoms with Gasteiger partial charge in [0, 0.05) is 21.8 Å². The molecule has 176 valence electrons. The Hall–Kier alpha value is -3.71. The van der Waals surface area contributed by atoms with Crippen molar-refractivity contribution in [2.45, 2.75) is 20.8 Å². The standard InChI is InChI=1S/C26H25ClN2O5/c1-4-31-22-13-17(14-23(32-5-2)24(22)33-6-3)25(30)28-19-10-11-21-20(15-19)29-26(34-21)16-8-7-9-18(27)12-16/h7-15H,4-6H2,1-3H3,(H,28,30). The van der Waals surface area contributed by atoms with Gasteiger partial charge >= 0.3 is 0 Å². The number of halogens is 1. The quantitative estimate of drug-likeness (QED) is 0.290. The predicted molar refractivity (Wildman–Crippen MR) is 132 cm³/mol. The van der Waals surface area contributed by atoms with E-state index in [4.69, 9.17) is 30.2 Å². The summed E-state index contributed by atoms with van der Waals surface area (Å²) in [6, 6.07) is 15.9. The topological polar surface area (TPSA) is 82.8 Å². The van der Waals surface area contributed by atoms with Crippen molar-refractivity contribution >= 4 is 34.3 Å². The van der Waals surface area contributed by atoms with Crippen LogP contribution in [0.1, 0.15) is 31.1 Å². The number of hydrogen-bond donors (Lipinski definition) is 1. The van der Waals surface area contributed by atoms with E-state index >= 15 is 0 Å². The summed E-state index contributed by atoms with van der Waals surface area (Å²) in [6.45, 7) is 6.91. The molecule has 1 N–H and O–H groups in total. The highest BCUT2D eigenvalue weighted by Gasteiger charge is 2.19. The number of oxazole rings is 1. The zero-order valence-electron chi connectivity index (χ0n) is 19.2. The first-order valence-corrected chi connectivity index (χ1v) is 11.4. The number of anilines is 1. The third-order valence-corrected chi connectivity index (χ3v) is 5.12. The Balaban J connectivity index is 1.62. The third kappa shape index (κ3) is 5.10. The lowest BCUT2D eigenvalue weighted by molar-refractivity contribution is 0.102. The van der Waals surface area contributed by atoms with Gasteiger partial charge in [0.1, 0.15) is 5.52 Å². The molecule has 0 atom stereocenters. The minimum absolute atomic E-state index is 0.317. The van der Waals surface area contributed by atoms with E-state index in [2.05, 4.69) is 10.3 Å². The fourth-order valence-corrected chi connectivity index (χ4v) is 3.66. The Kier molecular flexibility index (Phi) is 7.23. The summed E-state index contributed by atoms with van der Waals surface area (Å²) in [5.74, 6) is 1.54. The van der Waals surface area contributed by atoms with Crippen molar-refractivity contribution in [3.8, 4) is 28.7 Å². The molecule has 0 unspecified atom stereocenters. The number of fused-ring (bicyclic) bond motifs is 1. The smallest absolute Gasteiger partial charge is 0.255 e. The highest BCUT2D eigenvalue weighted by Crippen LogP contribution is 2.39. The third-order valence-electron chi connectivity index (χ3n) is 4.89. The molecule has 1 aromatic heterocycles. The van der Waals surface area contributed by atoms with E-state index in [0.717, 1.165) is 5.56 Å². The second kappa shape index (κ2) is 10.5. The molecule has 1 heterocycles. The van der Waals surface area contributed by atoms with Crippen molar-refractivity contribution in [1.29, 1.82) is 0 Å². The molecular formula is C26H25ClN2O5.